The van der Waals surface area contributed by atoms with Crippen LogP contribution in [0.15, 0.2) is 42.5 Å². The molecule has 0 fully saturated rings. The second-order valence-electron chi connectivity index (χ2n) is 12.1. The van der Waals surface area contributed by atoms with Gasteiger partial charge in [0.25, 0.3) is 5.91 Å². The Morgan fingerprint density at radius 1 is 0.949 bits per heavy atom. The molecule has 0 aliphatic rings. The molecule has 0 aromatic heterocycles. The van der Waals surface area contributed by atoms with Gasteiger partial charge in [0.15, 0.2) is 0 Å². The van der Waals surface area contributed by atoms with Crippen LogP contribution in [-0.4, -0.2) is 45.1 Å². The number of amides is 3. The van der Waals surface area contributed by atoms with Gasteiger partial charge in [0.1, 0.15) is 23.4 Å². The zero-order chi connectivity index (χ0) is 29.7. The molecule has 8 nitrogen and oxygen atoms in total. The lowest BCUT2D eigenvalue weighted by atomic mass is 9.91. The van der Waals surface area contributed by atoms with Crippen LogP contribution >= 0.6 is 0 Å². The average molecular weight is 540 g/mol. The molecule has 8 heteroatoms. The minimum absolute atomic E-state index is 0.110. The van der Waals surface area contributed by atoms with Crippen LogP contribution in [0.5, 0.6) is 5.75 Å². The summed E-state index contributed by atoms with van der Waals surface area (Å²) in [7, 11) is 0. The first kappa shape index (κ1) is 31.7. The summed E-state index contributed by atoms with van der Waals surface area (Å²) in [5.41, 5.74) is 1.05. The van der Waals surface area contributed by atoms with Gasteiger partial charge in [-0.3, -0.25) is 9.59 Å². The highest BCUT2D eigenvalue weighted by molar-refractivity contribution is 6.00. The van der Waals surface area contributed by atoms with Gasteiger partial charge in [-0.1, -0.05) is 56.7 Å². The Kier molecular flexibility index (Phi) is 10.2. The summed E-state index contributed by atoms with van der Waals surface area (Å²) in [5.74, 6) is -1.30. The second-order valence-corrected chi connectivity index (χ2v) is 12.1. The number of benzene rings is 2. The third kappa shape index (κ3) is 8.22. The summed E-state index contributed by atoms with van der Waals surface area (Å²) >= 11 is 0. The Hall–Kier alpha value is -3.55. The van der Waals surface area contributed by atoms with Gasteiger partial charge in [-0.15, -0.1) is 0 Å². The predicted octanol–water partition coefficient (Wildman–Crippen LogP) is 6.26. The fourth-order valence-electron chi connectivity index (χ4n) is 4.43. The molecule has 39 heavy (non-hydrogen) atoms. The van der Waals surface area contributed by atoms with Crippen molar-refractivity contribution in [3.63, 3.8) is 0 Å². The summed E-state index contributed by atoms with van der Waals surface area (Å²) in [4.78, 5) is 42.8. The maximum absolute atomic E-state index is 14.4. The van der Waals surface area contributed by atoms with E-state index < -0.39 is 41.1 Å². The molecular weight excluding hydrogens is 494 g/mol. The number of phenols is 1. The Morgan fingerprint density at radius 2 is 1.51 bits per heavy atom. The van der Waals surface area contributed by atoms with Crippen LogP contribution in [0.4, 0.5) is 10.5 Å². The lowest BCUT2D eigenvalue weighted by Gasteiger charge is -2.44. The molecule has 2 aromatic rings. The molecule has 0 heterocycles. The zero-order valence-corrected chi connectivity index (χ0v) is 25.0. The number of hydrogen-bond donors (Lipinski definition) is 3. The van der Waals surface area contributed by atoms with Crippen LogP contribution in [0.25, 0.3) is 0 Å². The Morgan fingerprint density at radius 3 is 2.00 bits per heavy atom. The number of nitrogens with one attached hydrogen (secondary N) is 2. The molecule has 0 bridgehead atoms. The molecule has 3 unspecified atom stereocenters. The first-order chi connectivity index (χ1) is 18.0. The average Bonchev–Trinajstić information content (AvgIpc) is 2.81. The number of aromatic hydroxyl groups is 1. The van der Waals surface area contributed by atoms with Gasteiger partial charge < -0.3 is 25.4 Å². The standard InChI is InChI=1S/C31H45N3O5/c1-11-19(2)25(33-29(38)39-31(8,9)10)28(37)34(30(5,6)7)26(22-17-12-13-18-23(22)35)27(36)32-24-20(3)15-14-16-21(24)4/h12-19,25-26,35H,11H2,1-10H3,(H,32,36)(H,33,38). The SMILES string of the molecule is CCC(C)C(NC(=O)OC(C)(C)C)C(=O)N(C(C(=O)Nc1c(C)cccc1C)c1ccccc1O)C(C)(C)C. The highest BCUT2D eigenvalue weighted by Crippen LogP contribution is 2.36. The van der Waals surface area contributed by atoms with Gasteiger partial charge >= 0.3 is 6.09 Å². The number of anilines is 1. The number of para-hydroxylation sites is 2. The van der Waals surface area contributed by atoms with Crippen molar-refractivity contribution < 1.29 is 24.2 Å². The van der Waals surface area contributed by atoms with Crippen LogP contribution in [0.3, 0.4) is 0 Å². The van der Waals surface area contributed by atoms with E-state index in [-0.39, 0.29) is 17.2 Å². The number of aryl methyl sites for hydroxylation is 2. The minimum Gasteiger partial charge on any atom is -0.508 e. The fraction of sp³-hybridized carbons (Fsp3) is 0.516. The first-order valence-corrected chi connectivity index (χ1v) is 13.5. The molecule has 2 rings (SSSR count). The topological polar surface area (TPSA) is 108 Å². The zero-order valence-electron chi connectivity index (χ0n) is 25.0. The number of hydrogen-bond acceptors (Lipinski definition) is 5. The molecule has 0 radical (unpaired) electrons. The molecule has 0 saturated heterocycles. The van der Waals surface area contributed by atoms with Crippen molar-refractivity contribution in [3.8, 4) is 5.75 Å². The molecular formula is C31H45N3O5. The van der Waals surface area contributed by atoms with Crippen molar-refractivity contribution in [1.82, 2.24) is 10.2 Å². The number of carbonyl (C=O) groups excluding carboxylic acids is 3. The Balaban J connectivity index is 2.67. The van der Waals surface area contributed by atoms with Gasteiger partial charge in [-0.2, -0.15) is 0 Å². The van der Waals surface area contributed by atoms with Crippen LogP contribution in [-0.2, 0) is 14.3 Å². The van der Waals surface area contributed by atoms with E-state index in [0.717, 1.165) is 11.1 Å². The molecule has 3 atom stereocenters. The summed E-state index contributed by atoms with van der Waals surface area (Å²) in [6.45, 7) is 18.3. The number of ether oxygens (including phenoxy) is 1. The van der Waals surface area contributed by atoms with E-state index in [1.807, 2.05) is 66.7 Å². The number of nitrogens with zero attached hydrogens (tertiary/aromatic N) is 1. The summed E-state index contributed by atoms with van der Waals surface area (Å²) in [6.07, 6.45) is -0.117. The molecule has 0 saturated carbocycles. The minimum atomic E-state index is -1.19. The number of alkyl carbamates (subject to hydrolysis) is 1. The molecule has 2 aromatic carbocycles. The summed E-state index contributed by atoms with van der Waals surface area (Å²) < 4.78 is 5.46. The quantitative estimate of drug-likeness (QED) is 0.367. The van der Waals surface area contributed by atoms with E-state index >= 15 is 0 Å². The molecule has 214 valence electrons. The predicted molar refractivity (Wildman–Crippen MR) is 155 cm³/mol. The van der Waals surface area contributed by atoms with Gasteiger partial charge in [0, 0.05) is 16.8 Å². The smallest absolute Gasteiger partial charge is 0.408 e. The third-order valence-electron chi connectivity index (χ3n) is 6.58. The van der Waals surface area contributed by atoms with Crippen molar-refractivity contribution in [1.29, 1.82) is 0 Å². The van der Waals surface area contributed by atoms with Crippen LogP contribution in [0.2, 0.25) is 0 Å². The van der Waals surface area contributed by atoms with Crippen molar-refractivity contribution >= 4 is 23.6 Å². The van der Waals surface area contributed by atoms with Crippen molar-refractivity contribution in [2.45, 2.75) is 98.9 Å². The molecule has 0 aliphatic carbocycles. The lowest BCUT2D eigenvalue weighted by molar-refractivity contribution is -0.148. The Labute approximate surface area is 233 Å². The van der Waals surface area contributed by atoms with Gasteiger partial charge in [-0.25, -0.2) is 4.79 Å². The van der Waals surface area contributed by atoms with Crippen LogP contribution in [0.1, 0.15) is 84.5 Å². The second kappa shape index (κ2) is 12.5. The maximum Gasteiger partial charge on any atom is 0.408 e. The monoisotopic (exact) mass is 539 g/mol. The third-order valence-corrected chi connectivity index (χ3v) is 6.58. The van der Waals surface area contributed by atoms with E-state index in [9.17, 15) is 19.5 Å². The lowest BCUT2D eigenvalue weighted by Crippen LogP contribution is -2.59. The van der Waals surface area contributed by atoms with Crippen molar-refractivity contribution in [2.24, 2.45) is 5.92 Å². The van der Waals surface area contributed by atoms with Gasteiger partial charge in [0.2, 0.25) is 5.91 Å². The largest absolute Gasteiger partial charge is 0.508 e. The van der Waals surface area contributed by atoms with E-state index in [0.29, 0.717) is 12.1 Å². The first-order valence-electron chi connectivity index (χ1n) is 13.5. The van der Waals surface area contributed by atoms with Crippen LogP contribution in [0, 0.1) is 19.8 Å². The van der Waals surface area contributed by atoms with Gasteiger partial charge in [0.05, 0.1) is 0 Å². The fourth-order valence-corrected chi connectivity index (χ4v) is 4.43. The summed E-state index contributed by atoms with van der Waals surface area (Å²) in [5, 5.41) is 16.6. The maximum atomic E-state index is 14.4. The normalized spacial score (nSPS) is 14.1. The Bertz CT molecular complexity index is 1160. The van der Waals surface area contributed by atoms with E-state index in [1.54, 1.807) is 39.0 Å². The molecule has 3 amide bonds. The van der Waals surface area contributed by atoms with Gasteiger partial charge in [-0.05, 0) is 78.5 Å². The number of phenolic OH excluding ortho intramolecular Hbond substituents is 1. The highest BCUT2D eigenvalue weighted by Gasteiger charge is 2.44. The van der Waals surface area contributed by atoms with E-state index in [1.165, 1.54) is 11.0 Å². The molecule has 0 aliphatic heterocycles. The van der Waals surface area contributed by atoms with Crippen molar-refractivity contribution in [3.05, 3.63) is 59.2 Å². The molecule has 0 spiro atoms. The van der Waals surface area contributed by atoms with Crippen molar-refractivity contribution in [2.75, 3.05) is 5.32 Å². The van der Waals surface area contributed by atoms with E-state index in [2.05, 4.69) is 10.6 Å². The van der Waals surface area contributed by atoms with E-state index in [4.69, 9.17) is 4.74 Å². The number of carbonyl (C=O) groups is 3. The van der Waals surface area contributed by atoms with Crippen LogP contribution < -0.4 is 10.6 Å². The highest BCUT2D eigenvalue weighted by atomic mass is 16.6. The molecule has 3 N–H and O–H groups in total. The number of rotatable bonds is 8. The summed E-state index contributed by atoms with van der Waals surface area (Å²) in [6, 6.07) is 10.0.